The first-order valence-corrected chi connectivity index (χ1v) is 10.2. The van der Waals surface area contributed by atoms with Gasteiger partial charge in [-0.05, 0) is 56.5 Å². The Bertz CT molecular complexity index is 809. The molecule has 1 aromatic carbocycles. The maximum absolute atomic E-state index is 13.2. The standard InChI is InChI=1S/C19H26NO5P/c1-6-14(4)26(22,24-7-2)25-18-12-20-9-8-16(18)15-10-13(3)19(21)17(11-15)23-5/h8-12,14,21H,6-7H2,1-5H3. The highest BCUT2D eigenvalue weighted by Gasteiger charge is 2.33. The minimum atomic E-state index is -3.34. The summed E-state index contributed by atoms with van der Waals surface area (Å²) >= 11 is 0. The normalized spacial score (nSPS) is 14.5. The summed E-state index contributed by atoms with van der Waals surface area (Å²) in [5.41, 5.74) is 1.88. The van der Waals surface area contributed by atoms with Crippen LogP contribution in [0.1, 0.15) is 32.8 Å². The average Bonchev–Trinajstić information content (AvgIpc) is 2.63. The Labute approximate surface area is 154 Å². The van der Waals surface area contributed by atoms with Crippen molar-refractivity contribution in [2.75, 3.05) is 13.7 Å². The average molecular weight is 379 g/mol. The van der Waals surface area contributed by atoms with Gasteiger partial charge in [0.1, 0.15) is 0 Å². The molecular formula is C19H26NO5P. The molecule has 0 saturated carbocycles. The highest BCUT2D eigenvalue weighted by molar-refractivity contribution is 7.55. The Morgan fingerprint density at radius 2 is 2.00 bits per heavy atom. The molecule has 6 nitrogen and oxygen atoms in total. The lowest BCUT2D eigenvalue weighted by Gasteiger charge is -2.24. The van der Waals surface area contributed by atoms with Crippen molar-refractivity contribution in [3.05, 3.63) is 36.2 Å². The number of benzene rings is 1. The van der Waals surface area contributed by atoms with Gasteiger partial charge in [0.2, 0.25) is 0 Å². The third-order valence-corrected chi connectivity index (χ3v) is 6.76. The van der Waals surface area contributed by atoms with Crippen LogP contribution in [0, 0.1) is 6.92 Å². The molecule has 7 heteroatoms. The van der Waals surface area contributed by atoms with Crippen molar-refractivity contribution >= 4 is 7.60 Å². The second-order valence-electron chi connectivity index (χ2n) is 6.02. The fourth-order valence-electron chi connectivity index (χ4n) is 2.53. The molecule has 0 spiro atoms. The minimum Gasteiger partial charge on any atom is -0.504 e. The summed E-state index contributed by atoms with van der Waals surface area (Å²) in [7, 11) is -1.85. The second-order valence-corrected chi connectivity index (χ2v) is 8.42. The molecule has 2 rings (SSSR count). The lowest BCUT2D eigenvalue weighted by atomic mass is 10.0. The van der Waals surface area contributed by atoms with Crippen molar-refractivity contribution in [1.82, 2.24) is 4.98 Å². The zero-order valence-corrected chi connectivity index (χ0v) is 16.7. The molecule has 0 fully saturated rings. The zero-order chi connectivity index (χ0) is 19.3. The molecule has 0 aliphatic heterocycles. The molecule has 0 bridgehead atoms. The van der Waals surface area contributed by atoms with Gasteiger partial charge < -0.3 is 14.4 Å². The number of aromatic nitrogens is 1. The van der Waals surface area contributed by atoms with Gasteiger partial charge >= 0.3 is 7.60 Å². The van der Waals surface area contributed by atoms with E-state index < -0.39 is 7.60 Å². The molecule has 0 saturated heterocycles. The molecule has 2 unspecified atom stereocenters. The topological polar surface area (TPSA) is 77.9 Å². The molecule has 2 aromatic rings. The van der Waals surface area contributed by atoms with Crippen LogP contribution in [0.3, 0.4) is 0 Å². The number of aryl methyl sites for hydroxylation is 1. The molecule has 1 N–H and O–H groups in total. The molecular weight excluding hydrogens is 353 g/mol. The number of aromatic hydroxyl groups is 1. The van der Waals surface area contributed by atoms with Gasteiger partial charge in [-0.3, -0.25) is 9.51 Å². The summed E-state index contributed by atoms with van der Waals surface area (Å²) in [5.74, 6) is 0.821. The Morgan fingerprint density at radius 1 is 1.27 bits per heavy atom. The summed E-state index contributed by atoms with van der Waals surface area (Å²) in [6.07, 6.45) is 3.82. The lowest BCUT2D eigenvalue weighted by molar-refractivity contribution is 0.270. The number of methoxy groups -OCH3 is 1. The van der Waals surface area contributed by atoms with Crippen LogP contribution in [0.15, 0.2) is 30.6 Å². The van der Waals surface area contributed by atoms with Gasteiger partial charge in [-0.1, -0.05) is 6.92 Å². The highest BCUT2D eigenvalue weighted by atomic mass is 31.2. The first kappa shape index (κ1) is 20.3. The predicted molar refractivity (Wildman–Crippen MR) is 102 cm³/mol. The number of hydrogen-bond acceptors (Lipinski definition) is 6. The fraction of sp³-hybridized carbons (Fsp3) is 0.421. The van der Waals surface area contributed by atoms with Gasteiger partial charge in [0.25, 0.3) is 0 Å². The SMILES string of the molecule is CCOP(=O)(Oc1cnccc1-c1cc(C)c(O)c(OC)c1)C(C)CC. The fourth-order valence-corrected chi connectivity index (χ4v) is 4.25. The summed E-state index contributed by atoms with van der Waals surface area (Å²) in [6.45, 7) is 7.66. The maximum Gasteiger partial charge on any atom is 0.382 e. The Hall–Kier alpha value is -2.04. The number of ether oxygens (including phenoxy) is 1. The summed E-state index contributed by atoms with van der Waals surface area (Å²) in [5, 5.41) is 10.1. The molecule has 0 aliphatic carbocycles. The van der Waals surface area contributed by atoms with E-state index >= 15 is 0 Å². The van der Waals surface area contributed by atoms with E-state index in [-0.39, 0.29) is 11.4 Å². The summed E-state index contributed by atoms with van der Waals surface area (Å²) in [6, 6.07) is 5.29. The smallest absolute Gasteiger partial charge is 0.382 e. The summed E-state index contributed by atoms with van der Waals surface area (Å²) in [4.78, 5) is 4.10. The van der Waals surface area contributed by atoms with E-state index in [9.17, 15) is 9.67 Å². The van der Waals surface area contributed by atoms with Crippen LogP contribution in [0.5, 0.6) is 17.2 Å². The number of rotatable bonds is 8. The molecule has 26 heavy (non-hydrogen) atoms. The molecule has 0 amide bonds. The summed E-state index contributed by atoms with van der Waals surface area (Å²) < 4.78 is 29.8. The second kappa shape index (κ2) is 8.56. The van der Waals surface area contributed by atoms with Crippen molar-refractivity contribution in [2.45, 2.75) is 39.8 Å². The molecule has 0 radical (unpaired) electrons. The maximum atomic E-state index is 13.2. The number of hydrogen-bond donors (Lipinski definition) is 1. The van der Waals surface area contributed by atoms with Crippen LogP contribution in [-0.4, -0.2) is 29.5 Å². The van der Waals surface area contributed by atoms with E-state index in [1.807, 2.05) is 19.9 Å². The monoisotopic (exact) mass is 379 g/mol. The molecule has 1 heterocycles. The Morgan fingerprint density at radius 3 is 2.62 bits per heavy atom. The largest absolute Gasteiger partial charge is 0.504 e. The quantitative estimate of drug-likeness (QED) is 0.637. The first-order chi connectivity index (χ1) is 12.4. The first-order valence-electron chi connectivity index (χ1n) is 8.62. The number of phenols is 1. The van der Waals surface area contributed by atoms with Crippen molar-refractivity contribution in [1.29, 1.82) is 0 Å². The van der Waals surface area contributed by atoms with Crippen LogP contribution < -0.4 is 9.26 Å². The van der Waals surface area contributed by atoms with Crippen molar-refractivity contribution < 1.29 is 23.5 Å². The number of nitrogens with zero attached hydrogens (tertiary/aromatic N) is 1. The van der Waals surface area contributed by atoms with Crippen molar-refractivity contribution in [2.24, 2.45) is 0 Å². The van der Waals surface area contributed by atoms with E-state index in [1.165, 1.54) is 13.3 Å². The van der Waals surface area contributed by atoms with Gasteiger partial charge in [-0.25, -0.2) is 4.57 Å². The molecule has 1 aromatic heterocycles. The van der Waals surface area contributed by atoms with Crippen LogP contribution in [0.25, 0.3) is 11.1 Å². The van der Waals surface area contributed by atoms with Gasteiger partial charge in [-0.15, -0.1) is 0 Å². The lowest BCUT2D eigenvalue weighted by Crippen LogP contribution is -2.11. The molecule has 2 atom stereocenters. The van der Waals surface area contributed by atoms with E-state index in [0.29, 0.717) is 35.7 Å². The van der Waals surface area contributed by atoms with Gasteiger partial charge in [0.05, 0.1) is 25.6 Å². The van der Waals surface area contributed by atoms with Gasteiger partial charge in [-0.2, -0.15) is 0 Å². The van der Waals surface area contributed by atoms with E-state index in [4.69, 9.17) is 13.8 Å². The highest BCUT2D eigenvalue weighted by Crippen LogP contribution is 2.55. The van der Waals surface area contributed by atoms with Crippen molar-refractivity contribution in [3.8, 4) is 28.4 Å². The van der Waals surface area contributed by atoms with Crippen LogP contribution in [0.2, 0.25) is 0 Å². The Balaban J connectivity index is 2.52. The zero-order valence-electron chi connectivity index (χ0n) is 15.9. The third-order valence-electron chi connectivity index (χ3n) is 4.25. The number of pyridine rings is 1. The molecule has 0 aliphatic rings. The minimum absolute atomic E-state index is 0.0902. The third kappa shape index (κ3) is 4.19. The van der Waals surface area contributed by atoms with Gasteiger partial charge in [0, 0.05) is 11.8 Å². The van der Waals surface area contributed by atoms with Crippen LogP contribution >= 0.6 is 7.60 Å². The number of phenolic OH excluding ortho intramolecular Hbond substituents is 1. The van der Waals surface area contributed by atoms with E-state index in [0.717, 1.165) is 5.56 Å². The van der Waals surface area contributed by atoms with Crippen LogP contribution in [0.4, 0.5) is 0 Å². The Kier molecular flexibility index (Phi) is 6.68. The van der Waals surface area contributed by atoms with Crippen LogP contribution in [-0.2, 0) is 9.09 Å². The van der Waals surface area contributed by atoms with E-state index in [2.05, 4.69) is 4.98 Å². The van der Waals surface area contributed by atoms with E-state index in [1.54, 1.807) is 32.2 Å². The van der Waals surface area contributed by atoms with Crippen molar-refractivity contribution in [3.63, 3.8) is 0 Å². The van der Waals surface area contributed by atoms with Gasteiger partial charge in [0.15, 0.2) is 17.2 Å². The molecule has 142 valence electrons. The predicted octanol–water partition coefficient (Wildman–Crippen LogP) is 5.18.